The highest BCUT2D eigenvalue weighted by atomic mass is 16.6. The topological polar surface area (TPSA) is 117 Å². The molecular formula is C30H25N3O5. The molecule has 190 valence electrons. The largest absolute Gasteiger partial charge is 0.490 e. The van der Waals surface area contributed by atoms with Gasteiger partial charge in [-0.05, 0) is 66.2 Å². The van der Waals surface area contributed by atoms with Crippen LogP contribution < -0.4 is 10.1 Å². The second-order valence-electron chi connectivity index (χ2n) is 8.82. The Kier molecular flexibility index (Phi) is 7.15. The van der Waals surface area contributed by atoms with Gasteiger partial charge in [-0.3, -0.25) is 14.9 Å². The Hall–Kier alpha value is -4.95. The van der Waals surface area contributed by atoms with Crippen molar-refractivity contribution in [2.24, 2.45) is 0 Å². The van der Waals surface area contributed by atoms with E-state index in [2.05, 4.69) is 10.3 Å². The highest BCUT2D eigenvalue weighted by molar-refractivity contribution is 6.10. The summed E-state index contributed by atoms with van der Waals surface area (Å²) in [6.07, 6.45) is 2.30. The normalized spacial score (nSPS) is 12.1. The second kappa shape index (κ2) is 11.0. The summed E-state index contributed by atoms with van der Waals surface area (Å²) in [5.41, 5.74) is 3.97. The number of anilines is 1. The van der Waals surface area contributed by atoms with E-state index in [-0.39, 0.29) is 24.6 Å². The van der Waals surface area contributed by atoms with Crippen LogP contribution in [0.2, 0.25) is 0 Å². The molecular weight excluding hydrogens is 482 g/mol. The van der Waals surface area contributed by atoms with Crippen LogP contribution in [0.25, 0.3) is 27.9 Å². The van der Waals surface area contributed by atoms with E-state index in [1.165, 1.54) is 18.2 Å². The second-order valence-corrected chi connectivity index (χ2v) is 8.82. The minimum atomic E-state index is -0.749. The van der Waals surface area contributed by atoms with E-state index >= 15 is 0 Å². The Morgan fingerprint density at radius 1 is 0.974 bits per heavy atom. The first-order valence-electron chi connectivity index (χ1n) is 12.1. The van der Waals surface area contributed by atoms with Crippen molar-refractivity contribution in [2.75, 3.05) is 18.5 Å². The van der Waals surface area contributed by atoms with Crippen LogP contribution in [0.5, 0.6) is 5.75 Å². The minimum absolute atomic E-state index is 0.0000984. The summed E-state index contributed by atoms with van der Waals surface area (Å²) in [7, 11) is 0. The number of ketones is 1. The third-order valence-corrected chi connectivity index (χ3v) is 6.17. The van der Waals surface area contributed by atoms with Gasteiger partial charge in [-0.1, -0.05) is 30.3 Å². The molecule has 5 aromatic rings. The van der Waals surface area contributed by atoms with E-state index in [1.54, 1.807) is 42.5 Å². The van der Waals surface area contributed by atoms with E-state index in [4.69, 9.17) is 4.74 Å². The van der Waals surface area contributed by atoms with Gasteiger partial charge in [-0.15, -0.1) is 0 Å². The van der Waals surface area contributed by atoms with Crippen molar-refractivity contribution >= 4 is 45.0 Å². The molecule has 5 rings (SSSR count). The minimum Gasteiger partial charge on any atom is -0.490 e. The van der Waals surface area contributed by atoms with E-state index < -0.39 is 11.0 Å². The molecule has 1 atom stereocenters. The number of non-ortho nitro benzene ring substituents is 1. The fourth-order valence-corrected chi connectivity index (χ4v) is 4.20. The van der Waals surface area contributed by atoms with Gasteiger partial charge in [0.05, 0.1) is 10.4 Å². The highest BCUT2D eigenvalue weighted by Crippen LogP contribution is 2.33. The number of hydrogen-bond acceptors (Lipinski definition) is 6. The number of aromatic nitrogens is 1. The number of aliphatic hydroxyl groups excluding tert-OH is 1. The summed E-state index contributed by atoms with van der Waals surface area (Å²) in [5.74, 6) is 0.526. The highest BCUT2D eigenvalue weighted by Gasteiger charge is 2.12. The lowest BCUT2D eigenvalue weighted by Crippen LogP contribution is -2.26. The Balaban J connectivity index is 1.14. The van der Waals surface area contributed by atoms with Crippen LogP contribution in [-0.4, -0.2) is 40.1 Å². The maximum Gasteiger partial charge on any atom is 0.269 e. The Morgan fingerprint density at radius 2 is 1.71 bits per heavy atom. The van der Waals surface area contributed by atoms with Crippen molar-refractivity contribution in [3.63, 3.8) is 0 Å². The molecule has 38 heavy (non-hydrogen) atoms. The number of H-pyrrole nitrogens is 1. The number of carbonyl (C=O) groups is 1. The molecule has 0 aliphatic carbocycles. The monoisotopic (exact) mass is 507 g/mol. The van der Waals surface area contributed by atoms with Crippen LogP contribution in [0.1, 0.15) is 15.9 Å². The number of benzene rings is 4. The summed E-state index contributed by atoms with van der Waals surface area (Å²) < 4.78 is 5.97. The zero-order valence-corrected chi connectivity index (χ0v) is 20.3. The molecule has 8 heteroatoms. The Morgan fingerprint density at radius 3 is 2.47 bits per heavy atom. The third kappa shape index (κ3) is 5.55. The number of hydrogen-bond donors (Lipinski definition) is 3. The van der Waals surface area contributed by atoms with Gasteiger partial charge in [0.25, 0.3) is 5.69 Å². The number of nitrogens with one attached hydrogen (secondary N) is 2. The van der Waals surface area contributed by atoms with Gasteiger partial charge in [0.15, 0.2) is 5.78 Å². The van der Waals surface area contributed by atoms with Crippen LogP contribution >= 0.6 is 0 Å². The Labute approximate surface area is 218 Å². The first kappa shape index (κ1) is 24.7. The number of ether oxygens (including phenoxy) is 1. The SMILES string of the molecule is O=C(C=Cc1ccc([N+](=O)[O-])cc1)c1ccc(NCC(O)COc2cccc3[nH]c4ccccc4c23)cc1. The quantitative estimate of drug-likeness (QED) is 0.0927. The molecule has 0 saturated carbocycles. The van der Waals surface area contributed by atoms with Gasteiger partial charge >= 0.3 is 0 Å². The molecule has 8 nitrogen and oxygen atoms in total. The maximum absolute atomic E-state index is 12.5. The standard InChI is InChI=1S/C30H25N3O5/c34-24(19-38-29-7-3-6-27-30(29)25-4-1-2-5-26(25)32-27)18-31-22-13-11-21(12-14-22)28(35)17-10-20-8-15-23(16-9-20)33(36)37/h1-17,24,31-32,34H,18-19H2. The van der Waals surface area contributed by atoms with Crippen molar-refractivity contribution in [1.29, 1.82) is 0 Å². The average Bonchev–Trinajstić information content (AvgIpc) is 3.33. The average molecular weight is 508 g/mol. The third-order valence-electron chi connectivity index (χ3n) is 6.17. The predicted molar refractivity (Wildman–Crippen MR) is 149 cm³/mol. The first-order valence-corrected chi connectivity index (χ1v) is 12.1. The lowest BCUT2D eigenvalue weighted by Gasteiger charge is -2.15. The van der Waals surface area contributed by atoms with Crippen LogP contribution in [-0.2, 0) is 0 Å². The summed E-state index contributed by atoms with van der Waals surface area (Å²) >= 11 is 0. The van der Waals surface area contributed by atoms with Gasteiger partial charge < -0.3 is 20.1 Å². The van der Waals surface area contributed by atoms with Gasteiger partial charge in [-0.25, -0.2) is 0 Å². The summed E-state index contributed by atoms with van der Waals surface area (Å²) in [5, 5.41) is 26.5. The molecule has 0 spiro atoms. The van der Waals surface area contributed by atoms with Crippen molar-refractivity contribution in [3.8, 4) is 5.75 Å². The zero-order chi connectivity index (χ0) is 26.5. The number of nitro benzene ring substituents is 1. The molecule has 0 amide bonds. The molecule has 0 radical (unpaired) electrons. The molecule has 1 aromatic heterocycles. The van der Waals surface area contributed by atoms with E-state index in [1.807, 2.05) is 42.5 Å². The number of nitrogens with zero attached hydrogens (tertiary/aromatic N) is 1. The van der Waals surface area contributed by atoms with Crippen LogP contribution in [0.4, 0.5) is 11.4 Å². The first-order chi connectivity index (χ1) is 18.5. The van der Waals surface area contributed by atoms with Crippen molar-refractivity contribution < 1.29 is 19.6 Å². The van der Waals surface area contributed by atoms with Crippen LogP contribution in [0.3, 0.4) is 0 Å². The molecule has 4 aromatic carbocycles. The van der Waals surface area contributed by atoms with Gasteiger partial charge in [0.1, 0.15) is 18.5 Å². The molecule has 0 fully saturated rings. The summed E-state index contributed by atoms with van der Waals surface area (Å²) in [6.45, 7) is 0.396. The molecule has 1 unspecified atom stereocenters. The molecule has 0 aliphatic rings. The van der Waals surface area contributed by atoms with Gasteiger partial charge in [-0.2, -0.15) is 0 Å². The number of nitro groups is 1. The number of rotatable bonds is 10. The smallest absolute Gasteiger partial charge is 0.269 e. The lowest BCUT2D eigenvalue weighted by molar-refractivity contribution is -0.384. The van der Waals surface area contributed by atoms with Crippen LogP contribution in [0, 0.1) is 10.1 Å². The predicted octanol–water partition coefficient (Wildman–Crippen LogP) is 5.98. The van der Waals surface area contributed by atoms with E-state index in [0.29, 0.717) is 16.9 Å². The summed E-state index contributed by atoms with van der Waals surface area (Å²) in [4.78, 5) is 26.1. The van der Waals surface area contributed by atoms with E-state index in [9.17, 15) is 20.0 Å². The number of carbonyl (C=O) groups excluding carboxylic acids is 1. The summed E-state index contributed by atoms with van der Waals surface area (Å²) in [6, 6.07) is 26.8. The zero-order valence-electron chi connectivity index (χ0n) is 20.3. The van der Waals surface area contributed by atoms with Crippen molar-refractivity contribution in [1.82, 2.24) is 4.98 Å². The number of para-hydroxylation sites is 1. The van der Waals surface area contributed by atoms with Gasteiger partial charge in [0.2, 0.25) is 0 Å². The number of fused-ring (bicyclic) bond motifs is 3. The molecule has 0 bridgehead atoms. The van der Waals surface area contributed by atoms with Crippen molar-refractivity contribution in [2.45, 2.75) is 6.10 Å². The number of aliphatic hydroxyl groups is 1. The molecule has 3 N–H and O–H groups in total. The van der Waals surface area contributed by atoms with Gasteiger partial charge in [0, 0.05) is 46.2 Å². The van der Waals surface area contributed by atoms with E-state index in [0.717, 1.165) is 27.5 Å². The number of allylic oxidation sites excluding steroid dienone is 1. The fourth-order valence-electron chi connectivity index (χ4n) is 4.20. The Bertz CT molecular complexity index is 1620. The maximum atomic E-state index is 12.5. The lowest BCUT2D eigenvalue weighted by atomic mass is 10.1. The van der Waals surface area contributed by atoms with Crippen LogP contribution in [0.15, 0.2) is 97.1 Å². The molecule has 0 aliphatic heterocycles. The fraction of sp³-hybridized carbons (Fsp3) is 0.100. The molecule has 1 heterocycles. The van der Waals surface area contributed by atoms with Crippen molar-refractivity contribution in [3.05, 3.63) is 118 Å². The number of aromatic amines is 1. The molecule has 0 saturated heterocycles.